The molecule has 1 aliphatic rings. The molecule has 2 N–H and O–H groups in total. The van der Waals surface area contributed by atoms with Crippen LogP contribution in [-0.2, 0) is 11.2 Å². The molecule has 0 amide bonds. The van der Waals surface area contributed by atoms with Crippen molar-refractivity contribution in [1.29, 1.82) is 0 Å². The molecular formula is C13H15FO5. The maximum atomic E-state index is 13.4. The molecule has 3 unspecified atom stereocenters. The van der Waals surface area contributed by atoms with E-state index in [1.807, 2.05) is 6.92 Å². The van der Waals surface area contributed by atoms with Gasteiger partial charge in [-0.25, -0.2) is 9.18 Å². The lowest BCUT2D eigenvalue weighted by atomic mass is 10.0. The Bertz CT molecular complexity index is 502. The quantitative estimate of drug-likeness (QED) is 0.866. The molecule has 3 atom stereocenters. The van der Waals surface area contributed by atoms with E-state index in [-0.39, 0.29) is 17.4 Å². The molecule has 1 heterocycles. The SMILES string of the molecule is COc1cc2c(cc1C(O)C(F)C(=O)O)OC(C)C2. The van der Waals surface area contributed by atoms with Crippen molar-refractivity contribution >= 4 is 5.97 Å². The van der Waals surface area contributed by atoms with Crippen molar-refractivity contribution in [3.05, 3.63) is 23.3 Å². The van der Waals surface area contributed by atoms with Gasteiger partial charge in [0.05, 0.1) is 7.11 Å². The molecule has 0 spiro atoms. The minimum Gasteiger partial charge on any atom is -0.496 e. The topological polar surface area (TPSA) is 76.0 Å². The molecule has 0 fully saturated rings. The summed E-state index contributed by atoms with van der Waals surface area (Å²) in [6.45, 7) is 1.89. The van der Waals surface area contributed by atoms with Crippen LogP contribution >= 0.6 is 0 Å². The molecule has 0 saturated heterocycles. The summed E-state index contributed by atoms with van der Waals surface area (Å²) >= 11 is 0. The number of aliphatic hydroxyl groups is 1. The van der Waals surface area contributed by atoms with Crippen LogP contribution in [0.5, 0.6) is 11.5 Å². The molecule has 1 aromatic rings. The van der Waals surface area contributed by atoms with Crippen LogP contribution < -0.4 is 9.47 Å². The maximum Gasteiger partial charge on any atom is 0.341 e. The highest BCUT2D eigenvalue weighted by atomic mass is 19.1. The van der Waals surface area contributed by atoms with Gasteiger partial charge in [-0.05, 0) is 19.1 Å². The molecule has 5 nitrogen and oxygen atoms in total. The highest BCUT2D eigenvalue weighted by Gasteiger charge is 2.32. The summed E-state index contributed by atoms with van der Waals surface area (Å²) in [5.74, 6) is -0.933. The van der Waals surface area contributed by atoms with Crippen LogP contribution in [0.15, 0.2) is 12.1 Å². The van der Waals surface area contributed by atoms with Crippen molar-refractivity contribution in [2.45, 2.75) is 31.7 Å². The summed E-state index contributed by atoms with van der Waals surface area (Å²) in [5.41, 5.74) is 0.969. The lowest BCUT2D eigenvalue weighted by Crippen LogP contribution is -2.23. The van der Waals surface area contributed by atoms with E-state index >= 15 is 0 Å². The Labute approximate surface area is 109 Å². The lowest BCUT2D eigenvalue weighted by Gasteiger charge is -2.17. The second kappa shape index (κ2) is 5.05. The first-order valence-electron chi connectivity index (χ1n) is 5.86. The second-order valence-corrected chi connectivity index (χ2v) is 4.52. The van der Waals surface area contributed by atoms with Gasteiger partial charge in [0, 0.05) is 17.5 Å². The van der Waals surface area contributed by atoms with E-state index in [1.165, 1.54) is 13.2 Å². The summed E-state index contributed by atoms with van der Waals surface area (Å²) in [4.78, 5) is 10.6. The fraction of sp³-hybridized carbons (Fsp3) is 0.462. The largest absolute Gasteiger partial charge is 0.496 e. The third-order valence-electron chi connectivity index (χ3n) is 3.08. The van der Waals surface area contributed by atoms with E-state index in [4.69, 9.17) is 14.6 Å². The van der Waals surface area contributed by atoms with Crippen molar-refractivity contribution in [2.75, 3.05) is 7.11 Å². The molecule has 0 saturated carbocycles. The highest BCUT2D eigenvalue weighted by Crippen LogP contribution is 2.38. The fourth-order valence-electron chi connectivity index (χ4n) is 2.16. The van der Waals surface area contributed by atoms with E-state index in [0.29, 0.717) is 12.2 Å². The maximum absolute atomic E-state index is 13.4. The molecule has 0 bridgehead atoms. The van der Waals surface area contributed by atoms with Crippen molar-refractivity contribution in [1.82, 2.24) is 0 Å². The minimum absolute atomic E-state index is 0.00672. The van der Waals surface area contributed by atoms with Crippen molar-refractivity contribution in [2.24, 2.45) is 0 Å². The zero-order valence-corrected chi connectivity index (χ0v) is 10.6. The number of ether oxygens (including phenoxy) is 2. The van der Waals surface area contributed by atoms with E-state index in [0.717, 1.165) is 5.56 Å². The Balaban J connectivity index is 2.40. The highest BCUT2D eigenvalue weighted by molar-refractivity contribution is 5.73. The average Bonchev–Trinajstić information content (AvgIpc) is 2.74. The number of hydrogen-bond acceptors (Lipinski definition) is 4. The van der Waals surface area contributed by atoms with Crippen LogP contribution in [0, 0.1) is 0 Å². The molecule has 0 aliphatic carbocycles. The predicted octanol–water partition coefficient (Wildman–Crippen LogP) is 1.47. The van der Waals surface area contributed by atoms with E-state index in [9.17, 15) is 14.3 Å². The standard InChI is InChI=1S/C13H15FO5/c1-6-3-7-4-10(18-2)8(5-9(7)19-6)12(15)11(14)13(16)17/h4-6,11-12,15H,3H2,1-2H3,(H,16,17). The summed E-state index contributed by atoms with van der Waals surface area (Å²) in [6, 6.07) is 3.09. The number of benzene rings is 1. The summed E-state index contributed by atoms with van der Waals surface area (Å²) in [7, 11) is 1.38. The van der Waals surface area contributed by atoms with Gasteiger partial charge >= 0.3 is 5.97 Å². The van der Waals surface area contributed by atoms with E-state index in [2.05, 4.69) is 0 Å². The van der Waals surface area contributed by atoms with Gasteiger partial charge in [0.25, 0.3) is 0 Å². The Morgan fingerprint density at radius 1 is 1.58 bits per heavy atom. The number of aliphatic hydroxyl groups excluding tert-OH is 1. The van der Waals surface area contributed by atoms with Crippen LogP contribution in [-0.4, -0.2) is 35.6 Å². The number of rotatable bonds is 4. The van der Waals surface area contributed by atoms with E-state index in [1.54, 1.807) is 6.07 Å². The number of methoxy groups -OCH3 is 1. The zero-order chi connectivity index (χ0) is 14.2. The first-order chi connectivity index (χ1) is 8.93. The van der Waals surface area contributed by atoms with Gasteiger partial charge in [-0.2, -0.15) is 0 Å². The molecule has 104 valence electrons. The molecule has 1 aromatic carbocycles. The van der Waals surface area contributed by atoms with Crippen LogP contribution in [0.25, 0.3) is 0 Å². The minimum atomic E-state index is -2.41. The van der Waals surface area contributed by atoms with Crippen molar-refractivity contribution in [3.8, 4) is 11.5 Å². The summed E-state index contributed by atoms with van der Waals surface area (Å²) in [5, 5.41) is 18.4. The lowest BCUT2D eigenvalue weighted by molar-refractivity contribution is -0.147. The predicted molar refractivity (Wildman–Crippen MR) is 64.3 cm³/mol. The van der Waals surface area contributed by atoms with Gasteiger partial charge in [-0.3, -0.25) is 0 Å². The molecule has 19 heavy (non-hydrogen) atoms. The van der Waals surface area contributed by atoms with Crippen molar-refractivity contribution < 1.29 is 28.9 Å². The molecule has 6 heteroatoms. The first kappa shape index (κ1) is 13.6. The average molecular weight is 270 g/mol. The number of fused-ring (bicyclic) bond motifs is 1. The van der Waals surface area contributed by atoms with Crippen LogP contribution in [0.3, 0.4) is 0 Å². The molecular weight excluding hydrogens is 255 g/mol. The molecule has 2 rings (SSSR count). The van der Waals surface area contributed by atoms with Gasteiger partial charge in [0.1, 0.15) is 23.7 Å². The normalized spacial score (nSPS) is 20.3. The Kier molecular flexibility index (Phi) is 3.61. The number of halogens is 1. The van der Waals surface area contributed by atoms with Gasteiger partial charge in [0.15, 0.2) is 0 Å². The first-order valence-corrected chi connectivity index (χ1v) is 5.86. The van der Waals surface area contributed by atoms with Crippen molar-refractivity contribution in [3.63, 3.8) is 0 Å². The summed E-state index contributed by atoms with van der Waals surface area (Å²) in [6.07, 6.45) is -3.52. The Hall–Kier alpha value is -1.82. The van der Waals surface area contributed by atoms with Crippen LogP contribution in [0.4, 0.5) is 4.39 Å². The van der Waals surface area contributed by atoms with Crippen LogP contribution in [0.2, 0.25) is 0 Å². The number of carboxylic acids is 1. The smallest absolute Gasteiger partial charge is 0.341 e. The third kappa shape index (κ3) is 2.49. The monoisotopic (exact) mass is 270 g/mol. The Morgan fingerprint density at radius 3 is 2.84 bits per heavy atom. The van der Waals surface area contributed by atoms with E-state index < -0.39 is 18.2 Å². The van der Waals surface area contributed by atoms with Crippen LogP contribution in [0.1, 0.15) is 24.2 Å². The number of hydrogen-bond donors (Lipinski definition) is 2. The van der Waals surface area contributed by atoms with Gasteiger partial charge in [-0.1, -0.05) is 0 Å². The second-order valence-electron chi connectivity index (χ2n) is 4.52. The summed E-state index contributed by atoms with van der Waals surface area (Å²) < 4.78 is 24.0. The number of aliphatic carboxylic acids is 1. The molecule has 0 radical (unpaired) electrons. The molecule has 0 aromatic heterocycles. The van der Waals surface area contributed by atoms with Gasteiger partial charge in [-0.15, -0.1) is 0 Å². The fourth-order valence-corrected chi connectivity index (χ4v) is 2.16. The number of carbonyl (C=O) groups is 1. The number of carboxylic acid groups (broad SMARTS) is 1. The Morgan fingerprint density at radius 2 is 2.26 bits per heavy atom. The number of alkyl halides is 1. The van der Waals surface area contributed by atoms with Gasteiger partial charge < -0.3 is 19.7 Å². The third-order valence-corrected chi connectivity index (χ3v) is 3.08. The molecule has 1 aliphatic heterocycles. The zero-order valence-electron chi connectivity index (χ0n) is 10.6. The van der Waals surface area contributed by atoms with Gasteiger partial charge in [0.2, 0.25) is 6.17 Å².